The highest BCUT2D eigenvalue weighted by atomic mass is 32.2. The average Bonchev–Trinajstić information content (AvgIpc) is 3.56. The predicted octanol–water partition coefficient (Wildman–Crippen LogP) is 6.53. The van der Waals surface area contributed by atoms with Gasteiger partial charge in [0, 0.05) is 56.1 Å². The van der Waals surface area contributed by atoms with Crippen LogP contribution in [0.2, 0.25) is 0 Å². The zero-order valence-corrected chi connectivity index (χ0v) is 25.3. The number of nitrogens with zero attached hydrogens (tertiary/aromatic N) is 2. The van der Waals surface area contributed by atoms with Crippen molar-refractivity contribution in [2.24, 2.45) is 5.92 Å². The van der Waals surface area contributed by atoms with Crippen LogP contribution in [0.1, 0.15) is 81.7 Å². The zero-order chi connectivity index (χ0) is 29.4. The molecule has 222 valence electrons. The van der Waals surface area contributed by atoms with Gasteiger partial charge in [-0.3, -0.25) is 20.4 Å². The predicted molar refractivity (Wildman–Crippen MR) is 169 cm³/mol. The molecule has 1 atom stereocenters. The Kier molecular flexibility index (Phi) is 11.0. The van der Waals surface area contributed by atoms with Crippen LogP contribution in [0.4, 0.5) is 0 Å². The summed E-state index contributed by atoms with van der Waals surface area (Å²) in [4.78, 5) is 29.6. The van der Waals surface area contributed by atoms with Crippen LogP contribution in [-0.2, 0) is 11.3 Å². The van der Waals surface area contributed by atoms with Crippen LogP contribution in [0.15, 0.2) is 42.5 Å². The molecule has 0 saturated carbocycles. The number of thioether (sulfide) groups is 1. The number of rotatable bonds is 12. The molecule has 2 amide bonds. The third-order valence-electron chi connectivity index (χ3n) is 7.86. The van der Waals surface area contributed by atoms with Gasteiger partial charge in [0.15, 0.2) is 0 Å². The molecule has 8 nitrogen and oxygen atoms in total. The van der Waals surface area contributed by atoms with E-state index in [2.05, 4.69) is 17.3 Å². The Balaban J connectivity index is 0.00000484. The maximum absolute atomic E-state index is 13.0. The van der Waals surface area contributed by atoms with Crippen LogP contribution in [0.3, 0.4) is 0 Å². The van der Waals surface area contributed by atoms with Crippen molar-refractivity contribution < 1.29 is 15.8 Å². The normalized spacial score (nSPS) is 17.3. The molecule has 0 bridgehead atoms. The number of hydrogen-bond donors (Lipinski definition) is 3. The zero-order valence-electron chi connectivity index (χ0n) is 24.5. The Morgan fingerprint density at radius 2 is 1.85 bits per heavy atom. The molecular formula is C32H45N5O3S. The van der Waals surface area contributed by atoms with Gasteiger partial charge in [-0.2, -0.15) is 0 Å². The molecule has 2 aliphatic rings. The second kappa shape index (κ2) is 14.6. The Morgan fingerprint density at radius 3 is 2.51 bits per heavy atom. The van der Waals surface area contributed by atoms with Gasteiger partial charge in [0.2, 0.25) is 5.91 Å². The third-order valence-corrected chi connectivity index (χ3v) is 8.99. The highest BCUT2D eigenvalue weighted by Gasteiger charge is 2.23. The van der Waals surface area contributed by atoms with Crippen molar-refractivity contribution in [2.75, 3.05) is 26.7 Å². The van der Waals surface area contributed by atoms with Crippen molar-refractivity contribution in [3.05, 3.63) is 59.2 Å². The number of ether oxygens (including phenoxy) is 1. The van der Waals surface area contributed by atoms with Gasteiger partial charge in [-0.25, -0.2) is 0 Å². The first-order valence-electron chi connectivity index (χ1n) is 14.7. The molecule has 0 radical (unpaired) electrons. The molecule has 2 aliphatic heterocycles. The van der Waals surface area contributed by atoms with E-state index in [1.807, 2.05) is 36.9 Å². The highest BCUT2D eigenvalue weighted by Crippen LogP contribution is 2.30. The van der Waals surface area contributed by atoms with Crippen molar-refractivity contribution in [3.63, 3.8) is 0 Å². The molecular weight excluding hydrogens is 534 g/mol. The molecule has 1 unspecified atom stereocenters. The molecule has 0 aromatic heterocycles. The third kappa shape index (κ3) is 8.66. The fraction of sp³-hybridized carbons (Fsp3) is 0.500. The molecule has 2 fully saturated rings. The van der Waals surface area contributed by atoms with Gasteiger partial charge in [-0.05, 0) is 82.1 Å². The average molecular weight is 580 g/mol. The Hall–Kier alpha value is -3.17. The quantitative estimate of drug-likeness (QED) is 0.150. The van der Waals surface area contributed by atoms with Crippen LogP contribution in [-0.4, -0.2) is 64.4 Å². The molecule has 3 N–H and O–H groups in total. The van der Waals surface area contributed by atoms with E-state index < -0.39 is 0 Å². The maximum Gasteiger partial charge on any atom is 0.251 e. The van der Waals surface area contributed by atoms with E-state index in [4.69, 9.17) is 15.6 Å². The van der Waals surface area contributed by atoms with Crippen LogP contribution >= 0.6 is 11.8 Å². The maximum atomic E-state index is 13.0. The Labute approximate surface area is 249 Å². The highest BCUT2D eigenvalue weighted by molar-refractivity contribution is 8.26. The van der Waals surface area contributed by atoms with Crippen LogP contribution < -0.4 is 10.1 Å². The minimum atomic E-state index is -0.134. The van der Waals surface area contributed by atoms with E-state index >= 15 is 0 Å². The fourth-order valence-electron chi connectivity index (χ4n) is 5.24. The SMILES string of the molecule is CC(C)C(=N)SC(=N)c1ccc(Oc2cc(C(=O)NCCCCC3CCCN3C)ccc2CN2CCCC2=O)cc1.[HH]. The van der Waals surface area contributed by atoms with Gasteiger partial charge in [-0.15, -0.1) is 0 Å². The minimum absolute atomic E-state index is 0. The lowest BCUT2D eigenvalue weighted by molar-refractivity contribution is -0.128. The molecule has 2 aromatic rings. The summed E-state index contributed by atoms with van der Waals surface area (Å²) in [5.41, 5.74) is 2.08. The number of likely N-dealkylation sites (tertiary alicyclic amines) is 2. The number of hydrogen-bond acceptors (Lipinski definition) is 7. The Bertz CT molecular complexity index is 1250. The molecule has 4 rings (SSSR count). The summed E-state index contributed by atoms with van der Waals surface area (Å²) in [7, 11) is 2.20. The van der Waals surface area contributed by atoms with Crippen molar-refractivity contribution in [1.82, 2.24) is 15.1 Å². The second-order valence-corrected chi connectivity index (χ2v) is 12.4. The fourth-order valence-corrected chi connectivity index (χ4v) is 5.95. The molecule has 9 heteroatoms. The first-order chi connectivity index (χ1) is 19.7. The van der Waals surface area contributed by atoms with Gasteiger partial charge in [0.1, 0.15) is 16.5 Å². The lowest BCUT2D eigenvalue weighted by Crippen LogP contribution is -2.27. The van der Waals surface area contributed by atoms with Gasteiger partial charge in [0.25, 0.3) is 5.91 Å². The number of unbranched alkanes of at least 4 members (excludes halogenated alkanes) is 1. The van der Waals surface area contributed by atoms with Crippen LogP contribution in [0.5, 0.6) is 11.5 Å². The number of benzene rings is 2. The molecule has 2 saturated heterocycles. The van der Waals surface area contributed by atoms with Crippen molar-refractivity contribution in [1.29, 1.82) is 10.8 Å². The standard InChI is InChI=1S/C32H43N5O3S.H2/c1-22(2)30(33)41-31(34)23-13-15-27(16-14-23)40-28-20-24(11-12-25(28)21-37-19-7-10-29(37)38)32(39)35-17-5-4-8-26-9-6-18-36(26)3;/h11-16,20,22,26,33-34H,4-10,17-19,21H2,1-3H3,(H,35,39);1H. The summed E-state index contributed by atoms with van der Waals surface area (Å²) in [6, 6.07) is 13.3. The van der Waals surface area contributed by atoms with Gasteiger partial charge < -0.3 is 19.9 Å². The molecule has 0 spiro atoms. The second-order valence-electron chi connectivity index (χ2n) is 11.3. The first-order valence-corrected chi connectivity index (χ1v) is 15.5. The van der Waals surface area contributed by atoms with Crippen molar-refractivity contribution in [3.8, 4) is 11.5 Å². The number of amides is 2. The smallest absolute Gasteiger partial charge is 0.251 e. The lowest BCUT2D eigenvalue weighted by atomic mass is 10.1. The summed E-state index contributed by atoms with van der Waals surface area (Å²) in [6.45, 7) is 6.85. The summed E-state index contributed by atoms with van der Waals surface area (Å²) in [6.07, 6.45) is 7.18. The van der Waals surface area contributed by atoms with E-state index in [1.165, 1.54) is 25.8 Å². The van der Waals surface area contributed by atoms with Gasteiger partial charge >= 0.3 is 0 Å². The topological polar surface area (TPSA) is 110 Å². The summed E-state index contributed by atoms with van der Waals surface area (Å²) >= 11 is 1.15. The van der Waals surface area contributed by atoms with Crippen LogP contribution in [0, 0.1) is 16.7 Å². The van der Waals surface area contributed by atoms with E-state index in [9.17, 15) is 9.59 Å². The monoisotopic (exact) mass is 579 g/mol. The Morgan fingerprint density at radius 1 is 1.10 bits per heavy atom. The van der Waals surface area contributed by atoms with Crippen LogP contribution in [0.25, 0.3) is 0 Å². The number of carbonyl (C=O) groups is 2. The molecule has 41 heavy (non-hydrogen) atoms. The largest absolute Gasteiger partial charge is 0.457 e. The summed E-state index contributed by atoms with van der Waals surface area (Å²) in [5, 5.41) is 20.2. The van der Waals surface area contributed by atoms with E-state index in [0.29, 0.717) is 58.3 Å². The molecule has 2 heterocycles. The van der Waals surface area contributed by atoms with Crippen molar-refractivity contribution in [2.45, 2.75) is 71.4 Å². The summed E-state index contributed by atoms with van der Waals surface area (Å²) in [5.74, 6) is 1.19. The first kappa shape index (κ1) is 30.8. The summed E-state index contributed by atoms with van der Waals surface area (Å²) < 4.78 is 6.27. The van der Waals surface area contributed by atoms with E-state index in [0.717, 1.165) is 43.1 Å². The lowest BCUT2D eigenvalue weighted by Gasteiger charge is -2.19. The van der Waals surface area contributed by atoms with Gasteiger partial charge in [-0.1, -0.05) is 38.1 Å². The molecule has 2 aromatic carbocycles. The van der Waals surface area contributed by atoms with E-state index in [-0.39, 0.29) is 19.2 Å². The number of carbonyl (C=O) groups excluding carboxylic acids is 2. The molecule has 0 aliphatic carbocycles. The number of nitrogens with one attached hydrogen (secondary N) is 3. The van der Waals surface area contributed by atoms with Crippen molar-refractivity contribution >= 4 is 33.7 Å². The van der Waals surface area contributed by atoms with Gasteiger partial charge in [0.05, 0.1) is 5.04 Å². The minimum Gasteiger partial charge on any atom is -0.457 e. The van der Waals surface area contributed by atoms with E-state index in [1.54, 1.807) is 24.3 Å².